The number of carbonyl (C=O) groups excluding carboxylic acids is 1. The van der Waals surface area contributed by atoms with E-state index in [-0.39, 0.29) is 10.7 Å². The Morgan fingerprint density at radius 1 is 1.00 bits per heavy atom. The van der Waals surface area contributed by atoms with Crippen LogP contribution in [-0.4, -0.2) is 51.8 Å². The van der Waals surface area contributed by atoms with E-state index in [1.165, 1.54) is 4.31 Å². The monoisotopic (exact) mass is 374 g/mol. The Morgan fingerprint density at radius 3 is 2.23 bits per heavy atom. The van der Waals surface area contributed by atoms with E-state index < -0.39 is 10.0 Å². The zero-order valence-corrected chi connectivity index (χ0v) is 15.7. The number of hydrogen-bond acceptors (Lipinski definition) is 5. The predicted molar refractivity (Wildman–Crippen MR) is 100 cm³/mol. The Hall–Kier alpha value is -2.38. The van der Waals surface area contributed by atoms with Gasteiger partial charge < -0.3 is 9.64 Å². The minimum absolute atomic E-state index is 0.0209. The van der Waals surface area contributed by atoms with Crippen LogP contribution in [0.2, 0.25) is 0 Å². The lowest BCUT2D eigenvalue weighted by atomic mass is 10.1. The van der Waals surface area contributed by atoms with E-state index in [4.69, 9.17) is 4.74 Å². The van der Waals surface area contributed by atoms with Crippen LogP contribution in [0.5, 0.6) is 5.75 Å². The van der Waals surface area contributed by atoms with Crippen LogP contribution in [0.25, 0.3) is 0 Å². The molecule has 0 spiro atoms. The smallest absolute Gasteiger partial charge is 0.243 e. The number of carbonyl (C=O) groups is 1. The van der Waals surface area contributed by atoms with Crippen LogP contribution in [0.4, 0.5) is 5.69 Å². The van der Waals surface area contributed by atoms with Gasteiger partial charge in [0, 0.05) is 37.4 Å². The normalized spacial score (nSPS) is 15.7. The van der Waals surface area contributed by atoms with Gasteiger partial charge in [-0.15, -0.1) is 0 Å². The van der Waals surface area contributed by atoms with Gasteiger partial charge in [0.2, 0.25) is 10.0 Å². The first-order valence-electron chi connectivity index (χ1n) is 8.42. The second-order valence-corrected chi connectivity index (χ2v) is 8.11. The summed E-state index contributed by atoms with van der Waals surface area (Å²) in [4.78, 5) is 13.9. The van der Waals surface area contributed by atoms with Crippen LogP contribution in [0, 0.1) is 0 Å². The van der Waals surface area contributed by atoms with E-state index in [1.54, 1.807) is 44.4 Å². The summed E-state index contributed by atoms with van der Waals surface area (Å²) >= 11 is 0. The summed E-state index contributed by atoms with van der Waals surface area (Å²) < 4.78 is 32.2. The van der Waals surface area contributed by atoms with E-state index >= 15 is 0 Å². The molecule has 2 aromatic carbocycles. The second-order valence-electron chi connectivity index (χ2n) is 6.17. The summed E-state index contributed by atoms with van der Waals surface area (Å²) in [6.45, 7) is 3.50. The average molecular weight is 374 g/mol. The van der Waals surface area contributed by atoms with Crippen LogP contribution < -0.4 is 9.64 Å². The van der Waals surface area contributed by atoms with Gasteiger partial charge in [0.15, 0.2) is 5.78 Å². The molecule has 6 nitrogen and oxygen atoms in total. The zero-order valence-electron chi connectivity index (χ0n) is 14.9. The molecule has 1 aliphatic rings. The lowest BCUT2D eigenvalue weighted by Gasteiger charge is -2.35. The highest BCUT2D eigenvalue weighted by atomic mass is 32.2. The molecule has 26 heavy (non-hydrogen) atoms. The van der Waals surface area contributed by atoms with E-state index in [0.29, 0.717) is 37.5 Å². The average Bonchev–Trinajstić information content (AvgIpc) is 2.68. The number of anilines is 1. The number of piperazine rings is 1. The lowest BCUT2D eigenvalue weighted by Crippen LogP contribution is -2.48. The molecule has 0 bridgehead atoms. The summed E-state index contributed by atoms with van der Waals surface area (Å²) in [7, 11) is -1.97. The third kappa shape index (κ3) is 3.73. The van der Waals surface area contributed by atoms with Crippen molar-refractivity contribution in [2.24, 2.45) is 0 Å². The number of hydrogen-bond donors (Lipinski definition) is 0. The quantitative estimate of drug-likeness (QED) is 0.752. The molecule has 0 aliphatic carbocycles. The minimum Gasteiger partial charge on any atom is -0.497 e. The first kappa shape index (κ1) is 18.4. The summed E-state index contributed by atoms with van der Waals surface area (Å²) in [5.41, 5.74) is 1.61. The third-order valence-corrected chi connectivity index (χ3v) is 6.47. The molecular formula is C19H22N2O4S. The number of Topliss-reactive ketones (excluding diaryl/α,β-unsaturated/α-hetero) is 1. The van der Waals surface area contributed by atoms with E-state index in [2.05, 4.69) is 4.90 Å². The molecular weight excluding hydrogens is 352 g/mol. The highest BCUT2D eigenvalue weighted by Crippen LogP contribution is 2.23. The lowest BCUT2D eigenvalue weighted by molar-refractivity contribution is 0.101. The summed E-state index contributed by atoms with van der Waals surface area (Å²) in [5.74, 6) is 0.645. The molecule has 0 N–H and O–H groups in total. The molecule has 3 rings (SSSR count). The Balaban J connectivity index is 1.71. The van der Waals surface area contributed by atoms with Crippen LogP contribution in [0.1, 0.15) is 17.3 Å². The van der Waals surface area contributed by atoms with Crippen molar-refractivity contribution in [3.8, 4) is 5.75 Å². The van der Waals surface area contributed by atoms with Gasteiger partial charge in [0.25, 0.3) is 0 Å². The minimum atomic E-state index is -3.52. The number of rotatable bonds is 5. The summed E-state index contributed by atoms with van der Waals surface area (Å²) in [5, 5.41) is 0. The highest BCUT2D eigenvalue weighted by molar-refractivity contribution is 7.89. The fraction of sp³-hybridized carbons (Fsp3) is 0.316. The number of nitrogens with zero attached hydrogens (tertiary/aromatic N) is 2. The van der Waals surface area contributed by atoms with Crippen molar-refractivity contribution in [2.75, 3.05) is 38.2 Å². The number of sulfonamides is 1. The molecule has 1 heterocycles. The molecule has 0 saturated carbocycles. The van der Waals surface area contributed by atoms with Gasteiger partial charge in [-0.25, -0.2) is 8.42 Å². The Kier molecular flexibility index (Phi) is 5.29. The maximum Gasteiger partial charge on any atom is 0.243 e. The number of methoxy groups -OCH3 is 1. The number of ether oxygens (including phenoxy) is 1. The molecule has 0 amide bonds. The molecule has 1 saturated heterocycles. The predicted octanol–water partition coefficient (Wildman–Crippen LogP) is 2.41. The zero-order chi connectivity index (χ0) is 18.7. The fourth-order valence-corrected chi connectivity index (χ4v) is 4.43. The highest BCUT2D eigenvalue weighted by Gasteiger charge is 2.28. The molecule has 1 aliphatic heterocycles. The van der Waals surface area contributed by atoms with Crippen molar-refractivity contribution < 1.29 is 17.9 Å². The standard InChI is InChI=1S/C19H22N2O4S/c1-15(22)16-4-3-5-17(14-16)20-10-12-21(13-11-20)26(23,24)19-8-6-18(25-2)7-9-19/h3-9,14H,10-13H2,1-2H3. The van der Waals surface area contributed by atoms with Crippen LogP contribution in [0.3, 0.4) is 0 Å². The van der Waals surface area contributed by atoms with Gasteiger partial charge in [-0.2, -0.15) is 4.31 Å². The molecule has 0 radical (unpaired) electrons. The largest absolute Gasteiger partial charge is 0.497 e. The number of ketones is 1. The molecule has 138 valence electrons. The van der Waals surface area contributed by atoms with Crippen molar-refractivity contribution in [1.29, 1.82) is 0 Å². The van der Waals surface area contributed by atoms with Crippen LogP contribution in [0.15, 0.2) is 53.4 Å². The molecule has 2 aromatic rings. The van der Waals surface area contributed by atoms with Gasteiger partial charge in [-0.05, 0) is 43.3 Å². The van der Waals surface area contributed by atoms with E-state index in [1.807, 2.05) is 18.2 Å². The maximum absolute atomic E-state index is 12.8. The maximum atomic E-state index is 12.8. The SMILES string of the molecule is COc1ccc(S(=O)(=O)N2CCN(c3cccc(C(C)=O)c3)CC2)cc1. The Morgan fingerprint density at radius 2 is 1.65 bits per heavy atom. The summed E-state index contributed by atoms with van der Waals surface area (Å²) in [6, 6.07) is 13.9. The second kappa shape index (κ2) is 7.47. The van der Waals surface area contributed by atoms with Gasteiger partial charge >= 0.3 is 0 Å². The van der Waals surface area contributed by atoms with Crippen LogP contribution in [-0.2, 0) is 10.0 Å². The van der Waals surface area contributed by atoms with Gasteiger partial charge in [0.1, 0.15) is 5.75 Å². The van der Waals surface area contributed by atoms with Gasteiger partial charge in [-0.1, -0.05) is 12.1 Å². The van der Waals surface area contributed by atoms with Crippen molar-refractivity contribution in [3.05, 3.63) is 54.1 Å². The molecule has 0 atom stereocenters. The van der Waals surface area contributed by atoms with Crippen molar-refractivity contribution in [1.82, 2.24) is 4.31 Å². The summed E-state index contributed by atoms with van der Waals surface area (Å²) in [6.07, 6.45) is 0. The fourth-order valence-electron chi connectivity index (χ4n) is 3.01. The molecule has 7 heteroatoms. The topological polar surface area (TPSA) is 66.9 Å². The Bertz CT molecular complexity index is 886. The third-order valence-electron chi connectivity index (χ3n) is 4.55. The molecule has 0 aromatic heterocycles. The molecule has 1 fully saturated rings. The van der Waals surface area contributed by atoms with Gasteiger partial charge in [0.05, 0.1) is 12.0 Å². The first-order chi connectivity index (χ1) is 12.4. The molecule has 0 unspecified atom stereocenters. The van der Waals surface area contributed by atoms with Gasteiger partial charge in [-0.3, -0.25) is 4.79 Å². The van der Waals surface area contributed by atoms with E-state index in [9.17, 15) is 13.2 Å². The van der Waals surface area contributed by atoms with Crippen LogP contribution >= 0.6 is 0 Å². The van der Waals surface area contributed by atoms with E-state index in [0.717, 1.165) is 5.69 Å². The van der Waals surface area contributed by atoms with Crippen molar-refractivity contribution >= 4 is 21.5 Å². The van der Waals surface area contributed by atoms with Crippen molar-refractivity contribution in [2.45, 2.75) is 11.8 Å². The first-order valence-corrected chi connectivity index (χ1v) is 9.86. The number of benzene rings is 2. The Labute approximate surface area is 154 Å². The van der Waals surface area contributed by atoms with Crippen molar-refractivity contribution in [3.63, 3.8) is 0 Å².